The number of carbonyl (C=O) groups is 1. The number of hydrogen-bond donors (Lipinski definition) is 0. The van der Waals surface area contributed by atoms with Crippen LogP contribution in [0.15, 0.2) is 28.7 Å². The maximum atomic E-state index is 11.4. The summed E-state index contributed by atoms with van der Waals surface area (Å²) in [6.07, 6.45) is 2.06. The minimum atomic E-state index is 0.135. The Morgan fingerprint density at radius 2 is 2.28 bits per heavy atom. The Balaban J connectivity index is 1.87. The van der Waals surface area contributed by atoms with Gasteiger partial charge in [-0.05, 0) is 25.0 Å². The van der Waals surface area contributed by atoms with Crippen molar-refractivity contribution >= 4 is 17.0 Å². The van der Waals surface area contributed by atoms with Gasteiger partial charge in [-0.15, -0.1) is 0 Å². The molecule has 1 aromatic carbocycles. The van der Waals surface area contributed by atoms with Crippen molar-refractivity contribution in [2.45, 2.75) is 25.7 Å². The lowest BCUT2D eigenvalue weighted by molar-refractivity contribution is -0.130. The van der Waals surface area contributed by atoms with Crippen LogP contribution < -0.4 is 0 Å². The van der Waals surface area contributed by atoms with Crippen LogP contribution in [0.3, 0.4) is 0 Å². The SMILES string of the molecule is CC(=O)N1CCCC(c2nc3ccccc3o2)C1. The number of aromatic nitrogens is 1. The largest absolute Gasteiger partial charge is 0.440 e. The molecular formula is C14H16N2O2. The fraction of sp³-hybridized carbons (Fsp3) is 0.429. The Hall–Kier alpha value is -1.84. The highest BCUT2D eigenvalue weighted by Crippen LogP contribution is 2.28. The van der Waals surface area contributed by atoms with Gasteiger partial charge in [-0.1, -0.05) is 12.1 Å². The zero-order valence-electron chi connectivity index (χ0n) is 10.4. The van der Waals surface area contributed by atoms with Gasteiger partial charge in [-0.25, -0.2) is 4.98 Å². The zero-order valence-corrected chi connectivity index (χ0v) is 10.4. The molecule has 1 fully saturated rings. The molecule has 1 aliphatic rings. The van der Waals surface area contributed by atoms with Crippen molar-refractivity contribution in [1.29, 1.82) is 0 Å². The van der Waals surface area contributed by atoms with E-state index in [-0.39, 0.29) is 11.8 Å². The van der Waals surface area contributed by atoms with Gasteiger partial charge in [-0.3, -0.25) is 4.79 Å². The maximum absolute atomic E-state index is 11.4. The van der Waals surface area contributed by atoms with Gasteiger partial charge < -0.3 is 9.32 Å². The van der Waals surface area contributed by atoms with Crippen molar-refractivity contribution in [3.63, 3.8) is 0 Å². The smallest absolute Gasteiger partial charge is 0.219 e. The van der Waals surface area contributed by atoms with Crippen molar-refractivity contribution in [3.8, 4) is 0 Å². The van der Waals surface area contributed by atoms with Crippen LogP contribution in [0.25, 0.3) is 11.1 Å². The van der Waals surface area contributed by atoms with E-state index in [9.17, 15) is 4.79 Å². The first kappa shape index (κ1) is 11.3. The van der Waals surface area contributed by atoms with E-state index in [1.54, 1.807) is 6.92 Å². The molecule has 1 atom stereocenters. The molecule has 2 heterocycles. The summed E-state index contributed by atoms with van der Waals surface area (Å²) < 4.78 is 5.79. The quantitative estimate of drug-likeness (QED) is 0.774. The summed E-state index contributed by atoms with van der Waals surface area (Å²) in [7, 11) is 0. The maximum Gasteiger partial charge on any atom is 0.219 e. The summed E-state index contributed by atoms with van der Waals surface area (Å²) in [5.74, 6) is 1.13. The number of piperidine rings is 1. The number of fused-ring (bicyclic) bond motifs is 1. The molecule has 4 heteroatoms. The molecule has 0 saturated carbocycles. The monoisotopic (exact) mass is 244 g/mol. The number of likely N-dealkylation sites (tertiary alicyclic amines) is 1. The van der Waals surface area contributed by atoms with E-state index in [4.69, 9.17) is 4.42 Å². The second-order valence-corrected chi connectivity index (χ2v) is 4.82. The Morgan fingerprint density at radius 1 is 1.44 bits per heavy atom. The number of amides is 1. The predicted molar refractivity (Wildman–Crippen MR) is 68.2 cm³/mol. The number of rotatable bonds is 1. The van der Waals surface area contributed by atoms with Crippen LogP contribution in [0.4, 0.5) is 0 Å². The molecule has 0 aliphatic carbocycles. The van der Waals surface area contributed by atoms with Gasteiger partial charge >= 0.3 is 0 Å². The first-order valence-corrected chi connectivity index (χ1v) is 6.35. The summed E-state index contributed by atoms with van der Waals surface area (Å²) in [5.41, 5.74) is 1.72. The molecule has 4 nitrogen and oxygen atoms in total. The number of carbonyl (C=O) groups excluding carboxylic acids is 1. The van der Waals surface area contributed by atoms with Gasteiger partial charge in [0, 0.05) is 20.0 Å². The van der Waals surface area contributed by atoms with Crippen LogP contribution in [0, 0.1) is 0 Å². The fourth-order valence-electron chi connectivity index (χ4n) is 2.53. The molecule has 1 unspecified atom stereocenters. The Morgan fingerprint density at radius 3 is 3.06 bits per heavy atom. The van der Waals surface area contributed by atoms with E-state index < -0.39 is 0 Å². The van der Waals surface area contributed by atoms with Crippen LogP contribution in [-0.4, -0.2) is 28.9 Å². The van der Waals surface area contributed by atoms with Gasteiger partial charge in [0.05, 0.1) is 5.92 Å². The average Bonchev–Trinajstić information content (AvgIpc) is 2.82. The lowest BCUT2D eigenvalue weighted by Crippen LogP contribution is -2.37. The van der Waals surface area contributed by atoms with Crippen LogP contribution in [0.2, 0.25) is 0 Å². The van der Waals surface area contributed by atoms with Crippen molar-refractivity contribution in [3.05, 3.63) is 30.2 Å². The molecule has 1 saturated heterocycles. The molecule has 0 bridgehead atoms. The molecule has 3 rings (SSSR count). The molecule has 0 N–H and O–H groups in total. The minimum absolute atomic E-state index is 0.135. The zero-order chi connectivity index (χ0) is 12.5. The van der Waals surface area contributed by atoms with Gasteiger partial charge in [-0.2, -0.15) is 0 Å². The lowest BCUT2D eigenvalue weighted by Gasteiger charge is -2.30. The summed E-state index contributed by atoms with van der Waals surface area (Å²) >= 11 is 0. The number of nitrogens with zero attached hydrogens (tertiary/aromatic N) is 2. The number of benzene rings is 1. The molecule has 94 valence electrons. The summed E-state index contributed by atoms with van der Waals surface area (Å²) in [6, 6.07) is 7.78. The number of hydrogen-bond acceptors (Lipinski definition) is 3. The van der Waals surface area contributed by atoms with Crippen LogP contribution >= 0.6 is 0 Å². The molecule has 1 amide bonds. The van der Waals surface area contributed by atoms with E-state index in [2.05, 4.69) is 4.98 Å². The average molecular weight is 244 g/mol. The third kappa shape index (κ3) is 1.98. The van der Waals surface area contributed by atoms with Crippen molar-refractivity contribution in [1.82, 2.24) is 9.88 Å². The summed E-state index contributed by atoms with van der Waals surface area (Å²) in [4.78, 5) is 17.8. The first-order valence-electron chi connectivity index (χ1n) is 6.35. The molecule has 1 aromatic heterocycles. The lowest BCUT2D eigenvalue weighted by atomic mass is 9.98. The molecule has 0 radical (unpaired) electrons. The molecule has 1 aliphatic heterocycles. The Labute approximate surface area is 106 Å². The van der Waals surface area contributed by atoms with E-state index in [0.717, 1.165) is 42.9 Å². The first-order chi connectivity index (χ1) is 8.74. The van der Waals surface area contributed by atoms with E-state index >= 15 is 0 Å². The molecule has 2 aromatic rings. The van der Waals surface area contributed by atoms with Crippen LogP contribution in [0.5, 0.6) is 0 Å². The highest BCUT2D eigenvalue weighted by Gasteiger charge is 2.26. The summed E-state index contributed by atoms with van der Waals surface area (Å²) in [5, 5.41) is 0. The molecule has 0 spiro atoms. The van der Waals surface area contributed by atoms with Gasteiger partial charge in [0.15, 0.2) is 11.5 Å². The standard InChI is InChI=1S/C14H16N2O2/c1-10(17)16-8-4-5-11(9-16)14-15-12-6-2-3-7-13(12)18-14/h2-3,6-7,11H,4-5,8-9H2,1H3. The minimum Gasteiger partial charge on any atom is -0.440 e. The Bertz CT molecular complexity index is 543. The van der Waals surface area contributed by atoms with Gasteiger partial charge in [0.25, 0.3) is 0 Å². The van der Waals surface area contributed by atoms with E-state index in [1.807, 2.05) is 29.2 Å². The normalized spacial score (nSPS) is 20.3. The highest BCUT2D eigenvalue weighted by molar-refractivity contribution is 5.74. The van der Waals surface area contributed by atoms with Crippen molar-refractivity contribution in [2.75, 3.05) is 13.1 Å². The Kier molecular flexibility index (Phi) is 2.78. The third-order valence-corrected chi connectivity index (χ3v) is 3.53. The van der Waals surface area contributed by atoms with Crippen molar-refractivity contribution in [2.24, 2.45) is 0 Å². The summed E-state index contributed by atoms with van der Waals surface area (Å²) in [6.45, 7) is 3.20. The number of para-hydroxylation sites is 2. The van der Waals surface area contributed by atoms with Gasteiger partial charge in [0.2, 0.25) is 5.91 Å². The number of oxazole rings is 1. The second kappa shape index (κ2) is 4.44. The fourth-order valence-corrected chi connectivity index (χ4v) is 2.53. The molecule has 18 heavy (non-hydrogen) atoms. The highest BCUT2D eigenvalue weighted by atomic mass is 16.3. The van der Waals surface area contributed by atoms with Crippen LogP contribution in [-0.2, 0) is 4.79 Å². The van der Waals surface area contributed by atoms with Gasteiger partial charge in [0.1, 0.15) is 5.52 Å². The van der Waals surface area contributed by atoms with E-state index in [1.165, 1.54) is 0 Å². The predicted octanol–water partition coefficient (Wildman–Crippen LogP) is 2.55. The second-order valence-electron chi connectivity index (χ2n) is 4.82. The third-order valence-electron chi connectivity index (χ3n) is 3.53. The van der Waals surface area contributed by atoms with E-state index in [0.29, 0.717) is 0 Å². The van der Waals surface area contributed by atoms with Crippen molar-refractivity contribution < 1.29 is 9.21 Å². The van der Waals surface area contributed by atoms with Crippen LogP contribution in [0.1, 0.15) is 31.6 Å². The molecular weight excluding hydrogens is 228 g/mol. The topological polar surface area (TPSA) is 46.3 Å².